The number of aryl methyl sites for hydroxylation is 1. The normalized spacial score (nSPS) is 22.8. The second-order valence-corrected chi connectivity index (χ2v) is 8.71. The van der Waals surface area contributed by atoms with Crippen LogP contribution in [0.2, 0.25) is 0 Å². The summed E-state index contributed by atoms with van der Waals surface area (Å²) in [5.74, 6) is -0.135. The number of hydrogen-bond acceptors (Lipinski definition) is 5. The number of benzene rings is 2. The third-order valence-corrected chi connectivity index (χ3v) is 6.57. The molecule has 5 rings (SSSR count). The SMILES string of the molecule is Cc1ccc(N2CCN3c4ccc([N+](=O)[O-])cc4C[C@@H](C(=O)NC4CC4)[C@@H]3C2)cc1. The van der Waals surface area contributed by atoms with Crippen LogP contribution in [0.5, 0.6) is 0 Å². The van der Waals surface area contributed by atoms with Crippen molar-refractivity contribution < 1.29 is 9.72 Å². The molecule has 156 valence electrons. The minimum Gasteiger partial charge on any atom is -0.368 e. The summed E-state index contributed by atoms with van der Waals surface area (Å²) in [5, 5.41) is 14.4. The van der Waals surface area contributed by atoms with Gasteiger partial charge in [-0.15, -0.1) is 0 Å². The number of fused-ring (bicyclic) bond motifs is 3. The Morgan fingerprint density at radius 2 is 1.90 bits per heavy atom. The van der Waals surface area contributed by atoms with E-state index in [1.165, 1.54) is 11.3 Å². The zero-order valence-corrected chi connectivity index (χ0v) is 17.1. The van der Waals surface area contributed by atoms with E-state index in [0.717, 1.165) is 43.7 Å². The number of amides is 1. The molecule has 0 bridgehead atoms. The Morgan fingerprint density at radius 1 is 1.13 bits per heavy atom. The molecule has 0 aromatic heterocycles. The van der Waals surface area contributed by atoms with Crippen LogP contribution in [0.1, 0.15) is 24.0 Å². The highest BCUT2D eigenvalue weighted by Crippen LogP contribution is 2.39. The molecule has 2 aromatic rings. The summed E-state index contributed by atoms with van der Waals surface area (Å²) in [6.07, 6.45) is 2.63. The molecule has 7 heteroatoms. The summed E-state index contributed by atoms with van der Waals surface area (Å²) in [7, 11) is 0. The van der Waals surface area contributed by atoms with Crippen molar-refractivity contribution in [1.82, 2.24) is 5.32 Å². The van der Waals surface area contributed by atoms with Gasteiger partial charge in [-0.2, -0.15) is 0 Å². The van der Waals surface area contributed by atoms with Crippen molar-refractivity contribution in [3.8, 4) is 0 Å². The van der Waals surface area contributed by atoms with Crippen LogP contribution in [0.3, 0.4) is 0 Å². The number of carbonyl (C=O) groups excluding carboxylic acids is 1. The maximum absolute atomic E-state index is 13.1. The first-order valence-corrected chi connectivity index (χ1v) is 10.7. The van der Waals surface area contributed by atoms with Crippen molar-refractivity contribution in [3.63, 3.8) is 0 Å². The van der Waals surface area contributed by atoms with Crippen molar-refractivity contribution in [2.24, 2.45) is 5.92 Å². The second kappa shape index (κ2) is 7.31. The lowest BCUT2D eigenvalue weighted by Gasteiger charge is -2.49. The van der Waals surface area contributed by atoms with Crippen molar-refractivity contribution in [2.75, 3.05) is 29.4 Å². The van der Waals surface area contributed by atoms with Gasteiger partial charge < -0.3 is 15.1 Å². The Labute approximate surface area is 175 Å². The first-order valence-electron chi connectivity index (χ1n) is 10.7. The van der Waals surface area contributed by atoms with Crippen LogP contribution >= 0.6 is 0 Å². The molecule has 1 saturated heterocycles. The van der Waals surface area contributed by atoms with Crippen LogP contribution in [-0.4, -0.2) is 42.5 Å². The molecule has 2 fully saturated rings. The van der Waals surface area contributed by atoms with Crippen LogP contribution in [0.15, 0.2) is 42.5 Å². The smallest absolute Gasteiger partial charge is 0.269 e. The lowest BCUT2D eigenvalue weighted by atomic mass is 9.83. The van der Waals surface area contributed by atoms with Gasteiger partial charge in [0.05, 0.1) is 16.9 Å². The van der Waals surface area contributed by atoms with Gasteiger partial charge in [-0.25, -0.2) is 0 Å². The number of nitro benzene ring substituents is 1. The van der Waals surface area contributed by atoms with E-state index in [4.69, 9.17) is 0 Å². The minimum absolute atomic E-state index is 0.0489. The van der Waals surface area contributed by atoms with Crippen molar-refractivity contribution in [3.05, 3.63) is 63.7 Å². The highest BCUT2D eigenvalue weighted by atomic mass is 16.6. The fraction of sp³-hybridized carbons (Fsp3) is 0.435. The molecule has 0 unspecified atom stereocenters. The maximum atomic E-state index is 13.1. The van der Waals surface area contributed by atoms with Gasteiger partial charge >= 0.3 is 0 Å². The van der Waals surface area contributed by atoms with E-state index in [0.29, 0.717) is 12.5 Å². The zero-order chi connectivity index (χ0) is 20.8. The van der Waals surface area contributed by atoms with Crippen LogP contribution < -0.4 is 15.1 Å². The van der Waals surface area contributed by atoms with Gasteiger partial charge in [0.1, 0.15) is 0 Å². The van der Waals surface area contributed by atoms with Gasteiger partial charge in [-0.05, 0) is 49.9 Å². The number of rotatable bonds is 4. The van der Waals surface area contributed by atoms with Gasteiger partial charge in [0.25, 0.3) is 5.69 Å². The third-order valence-electron chi connectivity index (χ3n) is 6.57. The number of nitro groups is 1. The fourth-order valence-corrected chi connectivity index (χ4v) is 4.75. The summed E-state index contributed by atoms with van der Waals surface area (Å²) >= 11 is 0. The van der Waals surface area contributed by atoms with E-state index in [-0.39, 0.29) is 28.5 Å². The van der Waals surface area contributed by atoms with Gasteiger partial charge in [-0.1, -0.05) is 17.7 Å². The lowest BCUT2D eigenvalue weighted by Crippen LogP contribution is -2.61. The fourth-order valence-electron chi connectivity index (χ4n) is 4.75. The summed E-state index contributed by atoms with van der Waals surface area (Å²) < 4.78 is 0. The summed E-state index contributed by atoms with van der Waals surface area (Å²) in [6, 6.07) is 14.0. The second-order valence-electron chi connectivity index (χ2n) is 8.71. The largest absolute Gasteiger partial charge is 0.368 e. The van der Waals surface area contributed by atoms with Crippen LogP contribution in [0.4, 0.5) is 17.1 Å². The van der Waals surface area contributed by atoms with Gasteiger partial charge in [-0.3, -0.25) is 14.9 Å². The Hall–Kier alpha value is -3.09. The molecule has 1 aliphatic carbocycles. The lowest BCUT2D eigenvalue weighted by molar-refractivity contribution is -0.384. The van der Waals surface area contributed by atoms with E-state index in [2.05, 4.69) is 46.3 Å². The molecule has 3 aliphatic rings. The molecular weight excluding hydrogens is 380 g/mol. The Kier molecular flexibility index (Phi) is 4.60. The standard InChI is InChI=1S/C23H26N4O3/c1-15-2-6-18(7-3-15)25-10-11-26-21-9-8-19(27(29)30)12-16(21)13-20(22(26)14-25)23(28)24-17-4-5-17/h2-3,6-9,12,17,20,22H,4-5,10-11,13-14H2,1H3,(H,24,28)/t20-,22+/m1/s1. The van der Waals surface area contributed by atoms with E-state index in [1.54, 1.807) is 12.1 Å². The van der Waals surface area contributed by atoms with Crippen LogP contribution in [0.25, 0.3) is 0 Å². The van der Waals surface area contributed by atoms with Gasteiger partial charge in [0.15, 0.2) is 0 Å². The predicted octanol–water partition coefficient (Wildman–Crippen LogP) is 3.05. The molecule has 2 heterocycles. The number of carbonyl (C=O) groups is 1. The maximum Gasteiger partial charge on any atom is 0.269 e. The highest BCUT2D eigenvalue weighted by molar-refractivity contribution is 5.83. The molecule has 1 saturated carbocycles. The number of nitrogens with zero attached hydrogens (tertiary/aromatic N) is 3. The number of nitrogens with one attached hydrogen (secondary N) is 1. The van der Waals surface area contributed by atoms with Crippen LogP contribution in [-0.2, 0) is 11.2 Å². The first-order chi connectivity index (χ1) is 14.5. The summed E-state index contributed by atoms with van der Waals surface area (Å²) in [5.41, 5.74) is 4.43. The van der Waals surface area contributed by atoms with E-state index < -0.39 is 0 Å². The minimum atomic E-state index is -0.360. The number of piperazine rings is 1. The highest BCUT2D eigenvalue weighted by Gasteiger charge is 2.43. The van der Waals surface area contributed by atoms with Crippen molar-refractivity contribution in [2.45, 2.75) is 38.3 Å². The molecule has 1 amide bonds. The Morgan fingerprint density at radius 3 is 2.60 bits per heavy atom. The topological polar surface area (TPSA) is 78.7 Å². The summed E-state index contributed by atoms with van der Waals surface area (Å²) in [4.78, 5) is 28.7. The molecule has 0 spiro atoms. The molecular formula is C23H26N4O3. The van der Waals surface area contributed by atoms with E-state index >= 15 is 0 Å². The van der Waals surface area contributed by atoms with Gasteiger partial charge in [0, 0.05) is 49.2 Å². The monoisotopic (exact) mass is 406 g/mol. The number of anilines is 2. The molecule has 2 aliphatic heterocycles. The van der Waals surface area contributed by atoms with Gasteiger partial charge in [0.2, 0.25) is 5.91 Å². The van der Waals surface area contributed by atoms with E-state index in [9.17, 15) is 14.9 Å². The first kappa shape index (κ1) is 18.9. The van der Waals surface area contributed by atoms with Crippen molar-refractivity contribution in [1.29, 1.82) is 0 Å². The molecule has 7 nitrogen and oxygen atoms in total. The third kappa shape index (κ3) is 3.49. The molecule has 0 radical (unpaired) electrons. The van der Waals surface area contributed by atoms with Crippen LogP contribution in [0, 0.1) is 23.0 Å². The Balaban J connectivity index is 1.47. The quantitative estimate of drug-likeness (QED) is 0.624. The van der Waals surface area contributed by atoms with E-state index in [1.807, 2.05) is 6.07 Å². The summed E-state index contributed by atoms with van der Waals surface area (Å²) in [6.45, 7) is 4.49. The predicted molar refractivity (Wildman–Crippen MR) is 116 cm³/mol. The zero-order valence-electron chi connectivity index (χ0n) is 17.1. The number of non-ortho nitro benzene ring substituents is 1. The molecule has 30 heavy (non-hydrogen) atoms. The Bertz CT molecular complexity index is 986. The molecule has 2 atom stereocenters. The molecule has 1 N–H and O–H groups in total. The average Bonchev–Trinajstić information content (AvgIpc) is 3.56. The number of hydrogen-bond donors (Lipinski definition) is 1. The average molecular weight is 406 g/mol. The molecule has 2 aromatic carbocycles. The van der Waals surface area contributed by atoms with Crippen molar-refractivity contribution >= 4 is 23.0 Å².